The molecule has 0 radical (unpaired) electrons. The van der Waals surface area contributed by atoms with Gasteiger partial charge in [0.05, 0.1) is 11.1 Å². The molecule has 32 heavy (non-hydrogen) atoms. The Morgan fingerprint density at radius 1 is 1.12 bits per heavy atom. The molecular weight excluding hydrogens is 449 g/mol. The van der Waals surface area contributed by atoms with Crippen LogP contribution >= 0.6 is 0 Å². The van der Waals surface area contributed by atoms with E-state index in [1.54, 1.807) is 24.3 Å². The number of aromatic amines is 1. The Bertz CT molecular complexity index is 1220. The minimum Gasteiger partial charge on any atom is -0.384 e. The fourth-order valence-electron chi connectivity index (χ4n) is 3.03. The van der Waals surface area contributed by atoms with Crippen LogP contribution < -0.4 is 16.6 Å². The van der Waals surface area contributed by atoms with Crippen LogP contribution in [0, 0.1) is 0 Å². The van der Waals surface area contributed by atoms with Crippen molar-refractivity contribution in [1.29, 1.82) is 0 Å². The quantitative estimate of drug-likeness (QED) is 0.229. The Kier molecular flexibility index (Phi) is 6.57. The second-order valence-corrected chi connectivity index (χ2v) is 8.13. The van der Waals surface area contributed by atoms with Crippen LogP contribution in [0.3, 0.4) is 0 Å². The van der Waals surface area contributed by atoms with E-state index in [2.05, 4.69) is 25.6 Å². The molecule has 0 aliphatic heterocycles. The SMILES string of the molecule is NCCCN=C(N)c1ccc(-c2ccc(C(F)(F)F)c(S(N)(=O)=O)c2-c2nn[nH]n2)cc1. The summed E-state index contributed by atoms with van der Waals surface area (Å²) >= 11 is 0. The number of aliphatic imine (C=N–C) groups is 1. The van der Waals surface area contributed by atoms with Crippen molar-refractivity contribution in [2.45, 2.75) is 17.5 Å². The van der Waals surface area contributed by atoms with E-state index in [0.29, 0.717) is 36.7 Å². The van der Waals surface area contributed by atoms with E-state index in [4.69, 9.17) is 16.6 Å². The average Bonchev–Trinajstić information content (AvgIpc) is 3.26. The highest BCUT2D eigenvalue weighted by atomic mass is 32.2. The zero-order chi connectivity index (χ0) is 23.5. The average molecular weight is 468 g/mol. The molecule has 0 aliphatic rings. The van der Waals surface area contributed by atoms with Gasteiger partial charge in [-0.2, -0.15) is 18.4 Å². The third-order valence-corrected chi connectivity index (χ3v) is 5.45. The highest BCUT2D eigenvalue weighted by molar-refractivity contribution is 7.89. The Morgan fingerprint density at radius 3 is 2.34 bits per heavy atom. The summed E-state index contributed by atoms with van der Waals surface area (Å²) in [7, 11) is -4.83. The molecule has 1 aromatic heterocycles. The van der Waals surface area contributed by atoms with Gasteiger partial charge in [0.1, 0.15) is 10.7 Å². The van der Waals surface area contributed by atoms with E-state index in [-0.39, 0.29) is 17.2 Å². The number of tetrazole rings is 1. The van der Waals surface area contributed by atoms with Gasteiger partial charge >= 0.3 is 6.18 Å². The number of H-pyrrole nitrogens is 1. The zero-order valence-electron chi connectivity index (χ0n) is 16.5. The van der Waals surface area contributed by atoms with Crippen molar-refractivity contribution in [1.82, 2.24) is 20.6 Å². The third kappa shape index (κ3) is 4.92. The molecule has 0 spiro atoms. The maximum Gasteiger partial charge on any atom is 0.417 e. The first kappa shape index (κ1) is 23.3. The number of alkyl halides is 3. The van der Waals surface area contributed by atoms with Gasteiger partial charge in [-0.05, 0) is 35.4 Å². The summed E-state index contributed by atoms with van der Waals surface area (Å²) in [6.07, 6.45) is -4.33. The van der Waals surface area contributed by atoms with E-state index in [0.717, 1.165) is 6.07 Å². The molecular formula is C18H19F3N8O2S. The number of sulfonamides is 1. The molecule has 1 heterocycles. The van der Waals surface area contributed by atoms with Crippen LogP contribution in [0.2, 0.25) is 0 Å². The summed E-state index contributed by atoms with van der Waals surface area (Å²) < 4.78 is 65.2. The lowest BCUT2D eigenvalue weighted by Gasteiger charge is -2.17. The fraction of sp³-hybridized carbons (Fsp3) is 0.222. The number of hydrogen-bond acceptors (Lipinski definition) is 7. The molecule has 10 nitrogen and oxygen atoms in total. The van der Waals surface area contributed by atoms with Crippen LogP contribution in [-0.4, -0.2) is 48.0 Å². The summed E-state index contributed by atoms with van der Waals surface area (Å²) in [5.74, 6) is -0.0944. The van der Waals surface area contributed by atoms with E-state index in [9.17, 15) is 21.6 Å². The minimum absolute atomic E-state index is 0.105. The van der Waals surface area contributed by atoms with Crippen molar-refractivity contribution >= 4 is 15.9 Å². The number of nitrogens with zero attached hydrogens (tertiary/aromatic N) is 4. The van der Waals surface area contributed by atoms with E-state index >= 15 is 0 Å². The zero-order valence-corrected chi connectivity index (χ0v) is 17.3. The molecule has 3 rings (SSSR count). The van der Waals surface area contributed by atoms with Crippen LogP contribution in [0.25, 0.3) is 22.5 Å². The standard InChI is InChI=1S/C18H19F3N8O2S/c19-18(20,21)13-7-6-12(14(15(13)32(24,30)31)17-26-28-29-27-17)10-2-4-11(5-3-10)16(23)25-9-1-8-22/h2-7H,1,8-9,22H2,(H2,23,25)(H2,24,30,31)(H,26,27,28,29). The Morgan fingerprint density at radius 2 is 1.81 bits per heavy atom. The van der Waals surface area contributed by atoms with E-state index in [1.165, 1.54) is 0 Å². The van der Waals surface area contributed by atoms with Crippen molar-refractivity contribution in [2.24, 2.45) is 21.6 Å². The predicted molar refractivity (Wildman–Crippen MR) is 111 cm³/mol. The molecule has 0 unspecified atom stereocenters. The van der Waals surface area contributed by atoms with Crippen molar-refractivity contribution in [3.8, 4) is 22.5 Å². The lowest BCUT2D eigenvalue weighted by Crippen LogP contribution is -2.21. The second kappa shape index (κ2) is 9.02. The topological polar surface area (TPSA) is 179 Å². The maximum absolute atomic E-state index is 13.6. The second-order valence-electron chi connectivity index (χ2n) is 6.63. The molecule has 0 saturated heterocycles. The Labute approximate surface area is 180 Å². The fourth-order valence-corrected chi connectivity index (χ4v) is 4.01. The lowest BCUT2D eigenvalue weighted by molar-refractivity contribution is -0.139. The number of nitrogens with one attached hydrogen (secondary N) is 1. The van der Waals surface area contributed by atoms with Crippen molar-refractivity contribution in [3.05, 3.63) is 47.5 Å². The van der Waals surface area contributed by atoms with Gasteiger partial charge in [-0.1, -0.05) is 30.3 Å². The molecule has 0 fully saturated rings. The first-order chi connectivity index (χ1) is 15.0. The normalized spacial score (nSPS) is 12.8. The van der Waals surface area contributed by atoms with Gasteiger partial charge in [0.25, 0.3) is 0 Å². The molecule has 170 valence electrons. The van der Waals surface area contributed by atoms with Crippen molar-refractivity contribution in [3.63, 3.8) is 0 Å². The summed E-state index contributed by atoms with van der Waals surface area (Å²) in [4.78, 5) is 3.05. The molecule has 7 N–H and O–H groups in total. The van der Waals surface area contributed by atoms with E-state index in [1.807, 2.05) is 0 Å². The van der Waals surface area contributed by atoms with Gasteiger partial charge in [-0.25, -0.2) is 13.6 Å². The van der Waals surface area contributed by atoms with Crippen LogP contribution in [-0.2, 0) is 16.2 Å². The van der Waals surface area contributed by atoms with Gasteiger partial charge < -0.3 is 11.5 Å². The number of halogens is 3. The molecule has 0 saturated carbocycles. The van der Waals surface area contributed by atoms with Crippen molar-refractivity contribution < 1.29 is 21.6 Å². The van der Waals surface area contributed by atoms with Crippen LogP contribution in [0.1, 0.15) is 17.5 Å². The molecule has 0 bridgehead atoms. The van der Waals surface area contributed by atoms with Crippen LogP contribution in [0.15, 0.2) is 46.3 Å². The maximum atomic E-state index is 13.6. The Hall–Kier alpha value is -3.36. The number of amidine groups is 1. The smallest absolute Gasteiger partial charge is 0.384 e. The third-order valence-electron chi connectivity index (χ3n) is 4.45. The van der Waals surface area contributed by atoms with Crippen molar-refractivity contribution in [2.75, 3.05) is 13.1 Å². The van der Waals surface area contributed by atoms with Gasteiger partial charge in [0.2, 0.25) is 15.8 Å². The minimum atomic E-state index is -4.99. The number of benzene rings is 2. The molecule has 3 aromatic rings. The van der Waals surface area contributed by atoms with E-state index < -0.39 is 32.2 Å². The first-order valence-corrected chi connectivity index (χ1v) is 10.7. The summed E-state index contributed by atoms with van der Waals surface area (Å²) in [6.45, 7) is 0.914. The monoisotopic (exact) mass is 468 g/mol. The van der Waals surface area contributed by atoms with Gasteiger partial charge in [-0.15, -0.1) is 10.2 Å². The number of rotatable bonds is 7. The van der Waals surface area contributed by atoms with Crippen LogP contribution in [0.4, 0.5) is 13.2 Å². The van der Waals surface area contributed by atoms with Gasteiger partial charge in [0, 0.05) is 12.1 Å². The molecule has 14 heteroatoms. The number of hydrogen-bond donors (Lipinski definition) is 4. The number of primary sulfonamides is 1. The largest absolute Gasteiger partial charge is 0.417 e. The number of nitrogens with two attached hydrogens (primary N) is 3. The summed E-state index contributed by atoms with van der Waals surface area (Å²) in [6, 6.07) is 8.08. The Balaban J connectivity index is 2.21. The molecule has 0 amide bonds. The van der Waals surface area contributed by atoms with Crippen LogP contribution in [0.5, 0.6) is 0 Å². The van der Waals surface area contributed by atoms with Gasteiger partial charge in [0.15, 0.2) is 0 Å². The first-order valence-electron chi connectivity index (χ1n) is 9.15. The lowest BCUT2D eigenvalue weighted by atomic mass is 9.95. The highest BCUT2D eigenvalue weighted by Gasteiger charge is 2.39. The summed E-state index contributed by atoms with van der Waals surface area (Å²) in [5, 5.41) is 18.0. The number of aromatic nitrogens is 4. The highest BCUT2D eigenvalue weighted by Crippen LogP contribution is 2.42. The predicted octanol–water partition coefficient (Wildman–Crippen LogP) is 1.25. The summed E-state index contributed by atoms with van der Waals surface area (Å²) in [5.41, 5.74) is 10.6. The molecule has 2 aromatic carbocycles. The molecule has 0 atom stereocenters. The molecule has 0 aliphatic carbocycles. The van der Waals surface area contributed by atoms with Gasteiger partial charge in [-0.3, -0.25) is 4.99 Å².